The van der Waals surface area contributed by atoms with Crippen LogP contribution in [0, 0.1) is 5.95 Å². The molecule has 1 heterocycles. The lowest BCUT2D eigenvalue weighted by Crippen LogP contribution is -2.16. The number of nitrogens with zero attached hydrogens (tertiary/aromatic N) is 1. The molecule has 3 rings (SSSR count). The Morgan fingerprint density at radius 1 is 0.913 bits per heavy atom. The molecule has 4 nitrogen and oxygen atoms in total. The Morgan fingerprint density at radius 2 is 1.48 bits per heavy atom. The number of halogens is 1. The summed E-state index contributed by atoms with van der Waals surface area (Å²) in [5.41, 5.74) is 0.302. The van der Waals surface area contributed by atoms with E-state index in [9.17, 15) is 17.6 Å². The topological polar surface area (TPSA) is 56.1 Å². The molecule has 0 bridgehead atoms. The van der Waals surface area contributed by atoms with Gasteiger partial charge in [-0.3, -0.25) is 4.79 Å². The van der Waals surface area contributed by atoms with Crippen molar-refractivity contribution in [1.29, 1.82) is 0 Å². The van der Waals surface area contributed by atoms with Gasteiger partial charge in [0.1, 0.15) is 0 Å². The molecule has 2 aromatic carbocycles. The Kier molecular flexibility index (Phi) is 3.83. The first kappa shape index (κ1) is 15.2. The highest BCUT2D eigenvalue weighted by atomic mass is 32.2. The quantitative estimate of drug-likeness (QED) is 0.690. The fraction of sp³-hybridized carbons (Fsp3) is 0. The number of rotatable bonds is 4. The molecule has 0 aliphatic carbocycles. The van der Waals surface area contributed by atoms with Crippen LogP contribution in [-0.2, 0) is 10.0 Å². The summed E-state index contributed by atoms with van der Waals surface area (Å²) in [6, 6.07) is 17.3. The van der Waals surface area contributed by atoms with E-state index in [1.807, 2.05) is 0 Å². The lowest BCUT2D eigenvalue weighted by atomic mass is 10.1. The van der Waals surface area contributed by atoms with E-state index in [0.717, 1.165) is 0 Å². The third kappa shape index (κ3) is 2.57. The van der Waals surface area contributed by atoms with Gasteiger partial charge in [-0.25, -0.2) is 12.4 Å². The Labute approximate surface area is 132 Å². The normalized spacial score (nSPS) is 11.3. The van der Waals surface area contributed by atoms with E-state index in [0.29, 0.717) is 15.8 Å². The number of hydrogen-bond donors (Lipinski definition) is 0. The highest BCUT2D eigenvalue weighted by Gasteiger charge is 2.27. The zero-order chi connectivity index (χ0) is 16.4. The molecule has 0 fully saturated rings. The number of carbonyl (C=O) groups is 1. The van der Waals surface area contributed by atoms with E-state index in [2.05, 4.69) is 0 Å². The summed E-state index contributed by atoms with van der Waals surface area (Å²) in [6.07, 6.45) is 0.304. The second kappa shape index (κ2) is 5.81. The molecule has 0 aliphatic rings. The lowest BCUT2D eigenvalue weighted by Gasteiger charge is -2.11. The largest absolute Gasteiger partial charge is 0.298 e. The molecule has 0 atom stereocenters. The minimum atomic E-state index is -4.15. The fourth-order valence-electron chi connectivity index (χ4n) is 2.31. The predicted molar refractivity (Wildman–Crippen MR) is 84.2 cm³/mol. The molecule has 6 heteroatoms. The average molecular weight is 329 g/mol. The molecule has 0 N–H and O–H groups in total. The summed E-state index contributed by atoms with van der Waals surface area (Å²) in [7, 11) is -4.15. The van der Waals surface area contributed by atoms with E-state index < -0.39 is 16.0 Å². The number of carbonyl (C=O) groups excluding carboxylic acids is 1. The molecule has 3 aromatic rings. The van der Waals surface area contributed by atoms with Crippen LogP contribution in [-0.4, -0.2) is 18.7 Å². The number of aldehydes is 1. The maximum absolute atomic E-state index is 14.5. The van der Waals surface area contributed by atoms with Crippen molar-refractivity contribution in [3.05, 3.63) is 78.2 Å². The van der Waals surface area contributed by atoms with Crippen molar-refractivity contribution in [2.45, 2.75) is 4.90 Å². The van der Waals surface area contributed by atoms with Gasteiger partial charge < -0.3 is 0 Å². The van der Waals surface area contributed by atoms with Gasteiger partial charge in [0, 0.05) is 0 Å². The van der Waals surface area contributed by atoms with Crippen LogP contribution in [0.1, 0.15) is 10.4 Å². The van der Waals surface area contributed by atoms with E-state index in [1.165, 1.54) is 18.2 Å². The van der Waals surface area contributed by atoms with Crippen LogP contribution >= 0.6 is 0 Å². The first-order valence-electron chi connectivity index (χ1n) is 6.78. The summed E-state index contributed by atoms with van der Waals surface area (Å²) >= 11 is 0. The van der Waals surface area contributed by atoms with Crippen molar-refractivity contribution < 1.29 is 17.6 Å². The van der Waals surface area contributed by atoms with E-state index >= 15 is 0 Å². The molecule has 0 saturated heterocycles. The highest BCUT2D eigenvalue weighted by Crippen LogP contribution is 2.29. The molecular formula is C17H12FNO3S. The smallest absolute Gasteiger partial charge is 0.270 e. The molecule has 0 radical (unpaired) electrons. The van der Waals surface area contributed by atoms with Crippen molar-refractivity contribution in [1.82, 2.24) is 3.97 Å². The maximum atomic E-state index is 14.5. The molecule has 1 aromatic heterocycles. The van der Waals surface area contributed by atoms with Gasteiger partial charge in [0.25, 0.3) is 10.0 Å². The van der Waals surface area contributed by atoms with Crippen LogP contribution in [0.3, 0.4) is 0 Å². The van der Waals surface area contributed by atoms with Crippen LogP contribution in [0.25, 0.3) is 11.3 Å². The van der Waals surface area contributed by atoms with Gasteiger partial charge in [-0.2, -0.15) is 4.39 Å². The van der Waals surface area contributed by atoms with E-state index in [4.69, 9.17) is 0 Å². The van der Waals surface area contributed by atoms with Crippen molar-refractivity contribution in [2.24, 2.45) is 0 Å². The highest BCUT2D eigenvalue weighted by molar-refractivity contribution is 7.90. The average Bonchev–Trinajstić information content (AvgIpc) is 2.94. The molecule has 0 aliphatic heterocycles. The van der Waals surface area contributed by atoms with Crippen LogP contribution in [0.4, 0.5) is 4.39 Å². The van der Waals surface area contributed by atoms with Crippen LogP contribution in [0.2, 0.25) is 0 Å². The number of aromatic nitrogens is 1. The van der Waals surface area contributed by atoms with Crippen molar-refractivity contribution >= 4 is 16.3 Å². The van der Waals surface area contributed by atoms with Gasteiger partial charge in [-0.15, -0.1) is 0 Å². The summed E-state index contributed by atoms with van der Waals surface area (Å²) in [4.78, 5) is 11.0. The Hall–Kier alpha value is -2.73. The summed E-state index contributed by atoms with van der Waals surface area (Å²) in [5, 5.41) is 0. The van der Waals surface area contributed by atoms with Crippen molar-refractivity contribution in [3.63, 3.8) is 0 Å². The minimum Gasteiger partial charge on any atom is -0.298 e. The number of benzene rings is 2. The Bertz CT molecular complexity index is 948. The molecule has 0 amide bonds. The van der Waals surface area contributed by atoms with Crippen LogP contribution in [0.5, 0.6) is 0 Å². The van der Waals surface area contributed by atoms with Gasteiger partial charge in [0.2, 0.25) is 5.95 Å². The van der Waals surface area contributed by atoms with Crippen LogP contribution < -0.4 is 0 Å². The van der Waals surface area contributed by atoms with Gasteiger partial charge in [0.05, 0.1) is 16.2 Å². The first-order valence-corrected chi connectivity index (χ1v) is 8.22. The summed E-state index contributed by atoms with van der Waals surface area (Å²) < 4.78 is 40.7. The second-order valence-corrected chi connectivity index (χ2v) is 6.63. The SMILES string of the molecule is O=Cc1cc(-c2ccccc2)n(S(=O)(=O)c2ccccc2)c1F. The van der Waals surface area contributed by atoms with E-state index in [-0.39, 0.29) is 16.2 Å². The van der Waals surface area contributed by atoms with Crippen molar-refractivity contribution in [2.75, 3.05) is 0 Å². The van der Waals surface area contributed by atoms with Crippen molar-refractivity contribution in [3.8, 4) is 11.3 Å². The zero-order valence-corrected chi connectivity index (χ0v) is 12.7. The molecule has 0 spiro atoms. The monoisotopic (exact) mass is 329 g/mol. The first-order chi connectivity index (χ1) is 11.1. The second-order valence-electron chi connectivity index (χ2n) is 4.84. The summed E-state index contributed by atoms with van der Waals surface area (Å²) in [5.74, 6) is -1.09. The van der Waals surface area contributed by atoms with Gasteiger partial charge in [-0.1, -0.05) is 48.5 Å². The molecule has 116 valence electrons. The van der Waals surface area contributed by atoms with Gasteiger partial charge >= 0.3 is 0 Å². The molecular weight excluding hydrogens is 317 g/mol. The summed E-state index contributed by atoms with van der Waals surface area (Å²) in [6.45, 7) is 0. The maximum Gasteiger partial charge on any atom is 0.270 e. The minimum absolute atomic E-state index is 0.0517. The van der Waals surface area contributed by atoms with Crippen LogP contribution in [0.15, 0.2) is 71.6 Å². The van der Waals surface area contributed by atoms with E-state index in [1.54, 1.807) is 48.5 Å². The lowest BCUT2D eigenvalue weighted by molar-refractivity contribution is 0.111. The molecule has 23 heavy (non-hydrogen) atoms. The third-order valence-electron chi connectivity index (χ3n) is 3.41. The Morgan fingerprint density at radius 3 is 2.04 bits per heavy atom. The third-order valence-corrected chi connectivity index (χ3v) is 5.11. The van der Waals surface area contributed by atoms with Gasteiger partial charge in [-0.05, 0) is 23.8 Å². The molecule has 0 saturated carbocycles. The number of hydrogen-bond acceptors (Lipinski definition) is 3. The fourth-order valence-corrected chi connectivity index (χ4v) is 3.76. The standard InChI is InChI=1S/C17H12FNO3S/c18-17-14(12-20)11-16(13-7-3-1-4-8-13)19(17)23(21,22)15-9-5-2-6-10-15/h1-12H. The predicted octanol–water partition coefficient (Wildman–Crippen LogP) is 3.34. The zero-order valence-electron chi connectivity index (χ0n) is 11.9. The van der Waals surface area contributed by atoms with Gasteiger partial charge in [0.15, 0.2) is 6.29 Å². The Balaban J connectivity index is 2.31. The molecule has 0 unspecified atom stereocenters.